The first-order valence-electron chi connectivity index (χ1n) is 7.11. The second-order valence-corrected chi connectivity index (χ2v) is 6.01. The van der Waals surface area contributed by atoms with Crippen LogP contribution in [0.2, 0.25) is 5.02 Å². The van der Waals surface area contributed by atoms with Crippen LogP contribution in [0.1, 0.15) is 62.2 Å². The third-order valence-corrected chi connectivity index (χ3v) is 4.56. The normalized spacial score (nSPS) is 18.8. The van der Waals surface area contributed by atoms with E-state index >= 15 is 0 Å². The van der Waals surface area contributed by atoms with Gasteiger partial charge in [0, 0.05) is 5.02 Å². The predicted octanol–water partition coefficient (Wildman–Crippen LogP) is 5.04. The highest BCUT2D eigenvalue weighted by Crippen LogP contribution is 2.31. The van der Waals surface area contributed by atoms with Crippen molar-refractivity contribution < 1.29 is 5.11 Å². The predicted molar refractivity (Wildman–Crippen MR) is 77.0 cm³/mol. The molecular formula is C16H23ClO. The zero-order valence-corrected chi connectivity index (χ0v) is 11.9. The molecule has 0 saturated heterocycles. The highest BCUT2D eigenvalue weighted by molar-refractivity contribution is 6.31. The lowest BCUT2D eigenvalue weighted by atomic mass is 9.85. The van der Waals surface area contributed by atoms with Crippen molar-refractivity contribution in [2.45, 2.75) is 58.0 Å². The molecule has 1 aliphatic carbocycles. The third kappa shape index (κ3) is 3.73. The van der Waals surface area contributed by atoms with E-state index in [1.165, 1.54) is 32.1 Å². The molecule has 0 amide bonds. The number of hydrogen-bond acceptors (Lipinski definition) is 1. The molecule has 1 unspecified atom stereocenters. The molecule has 0 spiro atoms. The Balaban J connectivity index is 1.86. The minimum atomic E-state index is -0.356. The van der Waals surface area contributed by atoms with E-state index in [9.17, 15) is 5.11 Å². The van der Waals surface area contributed by atoms with Gasteiger partial charge in [0.1, 0.15) is 0 Å². The van der Waals surface area contributed by atoms with E-state index in [0.29, 0.717) is 0 Å². The molecule has 18 heavy (non-hydrogen) atoms. The molecule has 1 aromatic carbocycles. The van der Waals surface area contributed by atoms with Crippen molar-refractivity contribution >= 4 is 11.6 Å². The average Bonchev–Trinajstić information content (AvgIpc) is 2.40. The first kappa shape index (κ1) is 13.9. The SMILES string of the molecule is Cc1ccc(C(O)CCC2CCCCC2)cc1Cl. The Kier molecular flexibility index (Phi) is 5.08. The standard InChI is InChI=1S/C16H23ClO/c1-12-7-9-14(11-15(12)17)16(18)10-8-13-5-3-2-4-6-13/h7,9,11,13,16,18H,2-6,8,10H2,1H3. The van der Waals surface area contributed by atoms with Crippen molar-refractivity contribution in [3.8, 4) is 0 Å². The fourth-order valence-electron chi connectivity index (χ4n) is 2.85. The molecule has 0 bridgehead atoms. The van der Waals surface area contributed by atoms with Crippen LogP contribution in [0.4, 0.5) is 0 Å². The molecule has 1 nitrogen and oxygen atoms in total. The van der Waals surface area contributed by atoms with E-state index in [2.05, 4.69) is 0 Å². The molecule has 1 atom stereocenters. The maximum absolute atomic E-state index is 10.2. The molecule has 0 aliphatic heterocycles. The number of rotatable bonds is 4. The van der Waals surface area contributed by atoms with E-state index in [4.69, 9.17) is 11.6 Å². The van der Waals surface area contributed by atoms with Gasteiger partial charge in [0.15, 0.2) is 0 Å². The van der Waals surface area contributed by atoms with Crippen LogP contribution in [0.25, 0.3) is 0 Å². The van der Waals surface area contributed by atoms with Crippen LogP contribution in [0.15, 0.2) is 18.2 Å². The summed E-state index contributed by atoms with van der Waals surface area (Å²) in [4.78, 5) is 0. The number of halogens is 1. The lowest BCUT2D eigenvalue weighted by Crippen LogP contribution is -2.08. The van der Waals surface area contributed by atoms with Crippen molar-refractivity contribution in [2.24, 2.45) is 5.92 Å². The van der Waals surface area contributed by atoms with Gasteiger partial charge in [-0.3, -0.25) is 0 Å². The summed E-state index contributed by atoms with van der Waals surface area (Å²) < 4.78 is 0. The number of hydrogen-bond donors (Lipinski definition) is 1. The largest absolute Gasteiger partial charge is 0.388 e. The summed E-state index contributed by atoms with van der Waals surface area (Å²) in [6.07, 6.45) is 8.49. The van der Waals surface area contributed by atoms with E-state index in [1.807, 2.05) is 25.1 Å². The van der Waals surface area contributed by atoms with Gasteiger partial charge in [-0.1, -0.05) is 55.8 Å². The molecule has 2 rings (SSSR count). The molecule has 1 fully saturated rings. The minimum Gasteiger partial charge on any atom is -0.388 e. The Bertz CT molecular complexity index is 383. The van der Waals surface area contributed by atoms with Crippen molar-refractivity contribution in [1.29, 1.82) is 0 Å². The maximum atomic E-state index is 10.2. The number of aliphatic hydroxyl groups excluding tert-OH is 1. The summed E-state index contributed by atoms with van der Waals surface area (Å²) in [7, 11) is 0. The number of aryl methyl sites for hydroxylation is 1. The van der Waals surface area contributed by atoms with Gasteiger partial charge in [0.2, 0.25) is 0 Å². The molecular weight excluding hydrogens is 244 g/mol. The summed E-state index contributed by atoms with van der Waals surface area (Å²) in [5.41, 5.74) is 2.03. The van der Waals surface area contributed by atoms with Gasteiger partial charge in [-0.15, -0.1) is 0 Å². The molecule has 1 N–H and O–H groups in total. The molecule has 1 aliphatic rings. The van der Waals surface area contributed by atoms with Gasteiger partial charge in [0.05, 0.1) is 6.10 Å². The summed E-state index contributed by atoms with van der Waals surface area (Å²) in [6, 6.07) is 5.89. The summed E-state index contributed by atoms with van der Waals surface area (Å²) in [5.74, 6) is 0.828. The lowest BCUT2D eigenvalue weighted by molar-refractivity contribution is 0.151. The van der Waals surface area contributed by atoms with E-state index in [-0.39, 0.29) is 6.10 Å². The molecule has 100 valence electrons. The second kappa shape index (κ2) is 6.58. The quantitative estimate of drug-likeness (QED) is 0.809. The number of benzene rings is 1. The van der Waals surface area contributed by atoms with Crippen molar-refractivity contribution in [2.75, 3.05) is 0 Å². The first-order valence-corrected chi connectivity index (χ1v) is 7.48. The lowest BCUT2D eigenvalue weighted by Gasteiger charge is -2.22. The van der Waals surface area contributed by atoms with Crippen LogP contribution in [0.3, 0.4) is 0 Å². The van der Waals surface area contributed by atoms with Crippen LogP contribution < -0.4 is 0 Å². The molecule has 0 radical (unpaired) electrons. The first-order chi connectivity index (χ1) is 8.66. The summed E-state index contributed by atoms with van der Waals surface area (Å²) in [5, 5.41) is 11.0. The third-order valence-electron chi connectivity index (χ3n) is 4.15. The molecule has 0 aromatic heterocycles. The Labute approximate surface area is 115 Å². The van der Waals surface area contributed by atoms with Gasteiger partial charge >= 0.3 is 0 Å². The zero-order valence-electron chi connectivity index (χ0n) is 11.2. The smallest absolute Gasteiger partial charge is 0.0790 e. The van der Waals surface area contributed by atoms with Crippen molar-refractivity contribution in [1.82, 2.24) is 0 Å². The number of aliphatic hydroxyl groups is 1. The van der Waals surface area contributed by atoms with Crippen LogP contribution in [0.5, 0.6) is 0 Å². The Morgan fingerprint density at radius 2 is 2.00 bits per heavy atom. The Morgan fingerprint density at radius 3 is 2.67 bits per heavy atom. The van der Waals surface area contributed by atoms with E-state index in [0.717, 1.165) is 34.9 Å². The summed E-state index contributed by atoms with van der Waals surface area (Å²) >= 11 is 6.10. The molecule has 1 saturated carbocycles. The topological polar surface area (TPSA) is 20.2 Å². The molecule has 0 heterocycles. The maximum Gasteiger partial charge on any atom is 0.0790 e. The Hall–Kier alpha value is -0.530. The van der Waals surface area contributed by atoms with Crippen LogP contribution in [0, 0.1) is 12.8 Å². The van der Waals surface area contributed by atoms with Crippen molar-refractivity contribution in [3.63, 3.8) is 0 Å². The second-order valence-electron chi connectivity index (χ2n) is 5.61. The molecule has 1 aromatic rings. The zero-order chi connectivity index (χ0) is 13.0. The van der Waals surface area contributed by atoms with E-state index < -0.39 is 0 Å². The highest BCUT2D eigenvalue weighted by Gasteiger charge is 2.16. The van der Waals surface area contributed by atoms with Gasteiger partial charge in [0.25, 0.3) is 0 Å². The van der Waals surface area contributed by atoms with E-state index in [1.54, 1.807) is 0 Å². The van der Waals surface area contributed by atoms with Gasteiger partial charge in [-0.25, -0.2) is 0 Å². The average molecular weight is 267 g/mol. The van der Waals surface area contributed by atoms with Crippen LogP contribution in [-0.4, -0.2) is 5.11 Å². The van der Waals surface area contributed by atoms with Crippen molar-refractivity contribution in [3.05, 3.63) is 34.3 Å². The van der Waals surface area contributed by atoms with Gasteiger partial charge in [-0.2, -0.15) is 0 Å². The molecule has 2 heteroatoms. The fraction of sp³-hybridized carbons (Fsp3) is 0.625. The van der Waals surface area contributed by atoms with Gasteiger partial charge in [-0.05, 0) is 42.9 Å². The highest BCUT2D eigenvalue weighted by atomic mass is 35.5. The Morgan fingerprint density at radius 1 is 1.28 bits per heavy atom. The minimum absolute atomic E-state index is 0.356. The van der Waals surface area contributed by atoms with Crippen LogP contribution >= 0.6 is 11.6 Å². The fourth-order valence-corrected chi connectivity index (χ4v) is 3.04. The summed E-state index contributed by atoms with van der Waals surface area (Å²) in [6.45, 7) is 1.99. The van der Waals surface area contributed by atoms with Gasteiger partial charge < -0.3 is 5.11 Å². The van der Waals surface area contributed by atoms with Crippen LogP contribution in [-0.2, 0) is 0 Å². The monoisotopic (exact) mass is 266 g/mol.